The molecule has 6 nitrogen and oxygen atoms in total. The smallest absolute Gasteiger partial charge is 0.312 e. The van der Waals surface area contributed by atoms with Gasteiger partial charge in [-0.25, -0.2) is 4.98 Å². The number of aromatic nitrogens is 1. The predicted octanol–water partition coefficient (Wildman–Crippen LogP) is 1.01. The summed E-state index contributed by atoms with van der Waals surface area (Å²) in [5, 5.41) is 0.459. The van der Waals surface area contributed by atoms with Crippen LogP contribution in [-0.2, 0) is 9.59 Å². The van der Waals surface area contributed by atoms with Crippen molar-refractivity contribution in [2.75, 3.05) is 44.2 Å². The van der Waals surface area contributed by atoms with Crippen molar-refractivity contribution < 1.29 is 9.59 Å². The molecule has 0 N–H and O–H groups in total. The van der Waals surface area contributed by atoms with Crippen LogP contribution in [0.25, 0.3) is 0 Å². The van der Waals surface area contributed by atoms with E-state index in [9.17, 15) is 9.59 Å². The molecule has 0 unspecified atom stereocenters. The van der Waals surface area contributed by atoms with E-state index in [1.54, 1.807) is 16.0 Å². The number of hydrogen-bond donors (Lipinski definition) is 0. The van der Waals surface area contributed by atoms with Crippen LogP contribution in [0.5, 0.6) is 0 Å². The first-order valence-corrected chi connectivity index (χ1v) is 7.97. The van der Waals surface area contributed by atoms with Gasteiger partial charge in [0.2, 0.25) is 0 Å². The highest BCUT2D eigenvalue weighted by molar-refractivity contribution is 6.35. The summed E-state index contributed by atoms with van der Waals surface area (Å²) in [6, 6.07) is 3.72. The van der Waals surface area contributed by atoms with Crippen LogP contribution < -0.4 is 4.90 Å². The molecule has 2 saturated heterocycles. The lowest BCUT2D eigenvalue weighted by atomic mass is 10.2. The first kappa shape index (κ1) is 15.1. The van der Waals surface area contributed by atoms with Crippen LogP contribution in [0.1, 0.15) is 12.8 Å². The molecule has 1 aromatic heterocycles. The van der Waals surface area contributed by atoms with Gasteiger partial charge in [0, 0.05) is 51.2 Å². The van der Waals surface area contributed by atoms with E-state index in [-0.39, 0.29) is 11.8 Å². The molecular weight excluding hydrogens is 304 g/mol. The third-order valence-corrected chi connectivity index (χ3v) is 4.43. The van der Waals surface area contributed by atoms with E-state index in [0.717, 1.165) is 18.5 Å². The minimum absolute atomic E-state index is 0.349. The minimum Gasteiger partial charge on any atom is -0.368 e. The Labute approximate surface area is 134 Å². The maximum absolute atomic E-state index is 12.3. The summed E-state index contributed by atoms with van der Waals surface area (Å²) in [6.45, 7) is 3.91. The number of carbonyl (C=O) groups is 2. The molecule has 2 fully saturated rings. The fraction of sp³-hybridized carbons (Fsp3) is 0.533. The first-order chi connectivity index (χ1) is 10.6. The number of carbonyl (C=O) groups excluding carboxylic acids is 2. The van der Waals surface area contributed by atoms with Gasteiger partial charge in [-0.3, -0.25) is 9.59 Å². The maximum atomic E-state index is 12.3. The lowest BCUT2D eigenvalue weighted by molar-refractivity contribution is -0.151. The van der Waals surface area contributed by atoms with Crippen LogP contribution in [0.15, 0.2) is 18.3 Å². The second-order valence-corrected chi connectivity index (χ2v) is 6.00. The van der Waals surface area contributed by atoms with Crippen LogP contribution >= 0.6 is 11.6 Å². The van der Waals surface area contributed by atoms with Gasteiger partial charge in [0.15, 0.2) is 0 Å². The van der Waals surface area contributed by atoms with Gasteiger partial charge in [-0.15, -0.1) is 0 Å². The number of nitrogens with zero attached hydrogens (tertiary/aromatic N) is 4. The molecule has 1 aromatic rings. The fourth-order valence-corrected chi connectivity index (χ4v) is 3.12. The lowest BCUT2D eigenvalue weighted by Gasteiger charge is -2.36. The highest BCUT2D eigenvalue weighted by Gasteiger charge is 2.30. The van der Waals surface area contributed by atoms with Crippen molar-refractivity contribution in [3.05, 3.63) is 23.5 Å². The summed E-state index contributed by atoms with van der Waals surface area (Å²) in [7, 11) is 0. The maximum Gasteiger partial charge on any atom is 0.312 e. The van der Waals surface area contributed by atoms with Gasteiger partial charge in [0.25, 0.3) is 0 Å². The zero-order valence-electron chi connectivity index (χ0n) is 12.4. The van der Waals surface area contributed by atoms with Crippen LogP contribution in [0, 0.1) is 0 Å². The predicted molar refractivity (Wildman–Crippen MR) is 83.9 cm³/mol. The summed E-state index contributed by atoms with van der Waals surface area (Å²) in [4.78, 5) is 33.8. The highest BCUT2D eigenvalue weighted by atomic mass is 35.5. The van der Waals surface area contributed by atoms with Gasteiger partial charge < -0.3 is 14.7 Å². The zero-order valence-corrected chi connectivity index (χ0v) is 13.1. The Kier molecular flexibility index (Phi) is 4.47. The second kappa shape index (κ2) is 6.52. The van der Waals surface area contributed by atoms with Crippen LogP contribution in [0.4, 0.5) is 5.69 Å². The summed E-state index contributed by atoms with van der Waals surface area (Å²) >= 11 is 5.90. The van der Waals surface area contributed by atoms with Gasteiger partial charge in [0.1, 0.15) is 5.15 Å². The molecule has 22 heavy (non-hydrogen) atoms. The number of anilines is 1. The molecule has 0 bridgehead atoms. The Bertz CT molecular complexity index is 566. The van der Waals surface area contributed by atoms with Crippen molar-refractivity contribution in [2.45, 2.75) is 12.8 Å². The van der Waals surface area contributed by atoms with Gasteiger partial charge in [-0.2, -0.15) is 0 Å². The van der Waals surface area contributed by atoms with Crippen molar-refractivity contribution in [3.8, 4) is 0 Å². The van der Waals surface area contributed by atoms with Crippen molar-refractivity contribution in [1.29, 1.82) is 0 Å². The van der Waals surface area contributed by atoms with Crippen molar-refractivity contribution >= 4 is 29.1 Å². The van der Waals surface area contributed by atoms with Gasteiger partial charge in [-0.05, 0) is 25.0 Å². The number of likely N-dealkylation sites (tertiary alicyclic amines) is 1. The lowest BCUT2D eigenvalue weighted by Crippen LogP contribution is -2.53. The van der Waals surface area contributed by atoms with E-state index in [2.05, 4.69) is 9.88 Å². The van der Waals surface area contributed by atoms with E-state index in [1.165, 1.54) is 0 Å². The van der Waals surface area contributed by atoms with Gasteiger partial charge in [-0.1, -0.05) is 11.6 Å². The highest BCUT2D eigenvalue weighted by Crippen LogP contribution is 2.19. The Morgan fingerprint density at radius 1 is 0.955 bits per heavy atom. The monoisotopic (exact) mass is 322 g/mol. The zero-order chi connectivity index (χ0) is 15.5. The Balaban J connectivity index is 1.57. The van der Waals surface area contributed by atoms with Crippen molar-refractivity contribution in [1.82, 2.24) is 14.8 Å². The molecule has 0 aromatic carbocycles. The Hall–Kier alpha value is -1.82. The average molecular weight is 323 g/mol. The normalized spacial score (nSPS) is 18.7. The van der Waals surface area contributed by atoms with E-state index in [0.29, 0.717) is 44.4 Å². The Morgan fingerprint density at radius 3 is 2.14 bits per heavy atom. The van der Waals surface area contributed by atoms with E-state index < -0.39 is 0 Å². The van der Waals surface area contributed by atoms with Gasteiger partial charge >= 0.3 is 11.8 Å². The number of piperazine rings is 1. The number of pyridine rings is 1. The average Bonchev–Trinajstić information content (AvgIpc) is 3.08. The van der Waals surface area contributed by atoms with Crippen molar-refractivity contribution in [2.24, 2.45) is 0 Å². The Morgan fingerprint density at radius 2 is 1.55 bits per heavy atom. The van der Waals surface area contributed by atoms with E-state index in [1.807, 2.05) is 12.1 Å². The topological polar surface area (TPSA) is 56.8 Å². The summed E-state index contributed by atoms with van der Waals surface area (Å²) in [6.07, 6.45) is 3.66. The molecule has 0 atom stereocenters. The van der Waals surface area contributed by atoms with Gasteiger partial charge in [0.05, 0.1) is 0 Å². The molecule has 0 saturated carbocycles. The molecule has 0 aliphatic carbocycles. The molecule has 2 aliphatic rings. The van der Waals surface area contributed by atoms with Crippen LogP contribution in [0.2, 0.25) is 5.15 Å². The number of rotatable bonds is 1. The molecule has 118 valence electrons. The molecule has 0 radical (unpaired) electrons. The molecule has 3 heterocycles. The van der Waals surface area contributed by atoms with E-state index in [4.69, 9.17) is 11.6 Å². The third-order valence-electron chi connectivity index (χ3n) is 4.22. The minimum atomic E-state index is -0.366. The molecule has 2 amide bonds. The molecule has 3 rings (SSSR count). The van der Waals surface area contributed by atoms with Crippen molar-refractivity contribution in [3.63, 3.8) is 0 Å². The largest absolute Gasteiger partial charge is 0.368 e. The quantitative estimate of drug-likeness (QED) is 0.572. The summed E-state index contributed by atoms with van der Waals surface area (Å²) in [5.74, 6) is -0.716. The number of halogens is 1. The molecular formula is C15H19ClN4O2. The van der Waals surface area contributed by atoms with Crippen LogP contribution in [-0.4, -0.2) is 65.9 Å². The molecule has 2 aliphatic heterocycles. The fourth-order valence-electron chi connectivity index (χ4n) is 2.95. The summed E-state index contributed by atoms with van der Waals surface area (Å²) in [5.41, 5.74) is 0.998. The number of hydrogen-bond acceptors (Lipinski definition) is 4. The second-order valence-electron chi connectivity index (χ2n) is 5.62. The molecule has 0 spiro atoms. The number of amides is 2. The SMILES string of the molecule is O=C(C(=O)N1CCN(c2ccnc(Cl)c2)CC1)N1CCCC1. The van der Waals surface area contributed by atoms with E-state index >= 15 is 0 Å². The van der Waals surface area contributed by atoms with Crippen LogP contribution in [0.3, 0.4) is 0 Å². The molecule has 7 heteroatoms. The third kappa shape index (κ3) is 3.16. The first-order valence-electron chi connectivity index (χ1n) is 7.60. The standard InChI is InChI=1S/C15H19ClN4O2/c16-13-11-12(3-4-17-13)18-7-9-20(10-8-18)15(22)14(21)19-5-1-2-6-19/h3-4,11H,1-2,5-10H2. The summed E-state index contributed by atoms with van der Waals surface area (Å²) < 4.78 is 0.